The van der Waals surface area contributed by atoms with Gasteiger partial charge in [-0.3, -0.25) is 19.2 Å². The van der Waals surface area contributed by atoms with Crippen molar-refractivity contribution in [2.45, 2.75) is 51.4 Å². The van der Waals surface area contributed by atoms with Crippen LogP contribution in [0.4, 0.5) is 0 Å². The fourth-order valence-corrected chi connectivity index (χ4v) is 3.02. The van der Waals surface area contributed by atoms with Gasteiger partial charge in [0.2, 0.25) is 5.91 Å². The highest BCUT2D eigenvalue weighted by atomic mass is 16.7. The van der Waals surface area contributed by atoms with Gasteiger partial charge in [-0.25, -0.2) is 0 Å². The van der Waals surface area contributed by atoms with Crippen molar-refractivity contribution in [3.8, 4) is 0 Å². The Kier molecular flexibility index (Phi) is 7.68. The van der Waals surface area contributed by atoms with Gasteiger partial charge < -0.3 is 30.0 Å². The van der Waals surface area contributed by atoms with E-state index in [2.05, 4.69) is 10.6 Å². The summed E-state index contributed by atoms with van der Waals surface area (Å²) in [6.45, 7) is 3.26. The number of ether oxygens (including phenoxy) is 3. The highest BCUT2D eigenvalue weighted by molar-refractivity contribution is 5.94. The van der Waals surface area contributed by atoms with E-state index in [4.69, 9.17) is 14.2 Å². The van der Waals surface area contributed by atoms with Gasteiger partial charge >= 0.3 is 11.9 Å². The van der Waals surface area contributed by atoms with Crippen molar-refractivity contribution in [3.63, 3.8) is 0 Å². The molecule has 2 rings (SSSR count). The van der Waals surface area contributed by atoms with Crippen molar-refractivity contribution < 1.29 is 38.5 Å². The molecule has 1 fully saturated rings. The third-order valence-electron chi connectivity index (χ3n) is 4.19. The highest BCUT2D eigenvalue weighted by Crippen LogP contribution is 2.24. The number of esters is 2. The number of benzene rings is 1. The van der Waals surface area contributed by atoms with Crippen LogP contribution in [0.2, 0.25) is 0 Å². The minimum absolute atomic E-state index is 0.325. The van der Waals surface area contributed by atoms with Crippen molar-refractivity contribution >= 4 is 23.8 Å². The molecular weight excluding hydrogens is 384 g/mol. The molecule has 10 nitrogen and oxygen atoms in total. The third-order valence-corrected chi connectivity index (χ3v) is 4.19. The van der Waals surface area contributed by atoms with Crippen LogP contribution in [0, 0.1) is 0 Å². The molecule has 2 amide bonds. The van der Waals surface area contributed by atoms with Gasteiger partial charge in [0.05, 0.1) is 6.04 Å². The number of carbonyl (C=O) groups excluding carboxylic acids is 4. The Morgan fingerprint density at radius 2 is 1.66 bits per heavy atom. The summed E-state index contributed by atoms with van der Waals surface area (Å²) in [5, 5.41) is 15.6. The van der Waals surface area contributed by atoms with E-state index in [1.807, 2.05) is 0 Å². The van der Waals surface area contributed by atoms with Crippen molar-refractivity contribution in [1.82, 2.24) is 10.6 Å². The molecule has 0 aliphatic carbocycles. The molecule has 1 saturated heterocycles. The lowest BCUT2D eigenvalue weighted by molar-refractivity contribution is -0.238. The molecule has 0 saturated carbocycles. The Labute approximate surface area is 167 Å². The van der Waals surface area contributed by atoms with E-state index in [-0.39, 0.29) is 6.61 Å². The maximum atomic E-state index is 12.7. The van der Waals surface area contributed by atoms with Crippen LogP contribution in [0.1, 0.15) is 31.1 Å². The number of aliphatic hydroxyl groups excluding tert-OH is 1. The second kappa shape index (κ2) is 9.99. The van der Waals surface area contributed by atoms with Crippen molar-refractivity contribution in [2.24, 2.45) is 0 Å². The van der Waals surface area contributed by atoms with E-state index in [1.165, 1.54) is 13.8 Å². The highest BCUT2D eigenvalue weighted by Gasteiger charge is 2.49. The van der Waals surface area contributed by atoms with Gasteiger partial charge in [-0.2, -0.15) is 0 Å². The minimum Gasteiger partial charge on any atom is -0.463 e. The Balaban J connectivity index is 2.35. The average Bonchev–Trinajstić information content (AvgIpc) is 2.65. The van der Waals surface area contributed by atoms with Crippen LogP contribution >= 0.6 is 0 Å². The molecule has 158 valence electrons. The quantitative estimate of drug-likeness (QED) is 0.535. The number of nitrogens with one attached hydrogen (secondary N) is 2. The Morgan fingerprint density at radius 3 is 2.21 bits per heavy atom. The fourth-order valence-electron chi connectivity index (χ4n) is 3.02. The van der Waals surface area contributed by atoms with Crippen molar-refractivity contribution in [2.75, 3.05) is 6.61 Å². The van der Waals surface area contributed by atoms with Crippen molar-refractivity contribution in [1.29, 1.82) is 0 Å². The molecule has 0 bridgehead atoms. The SMILES string of the molecule is CC(=O)N[C@@H]1[C@@H](NC(=O)c2ccccc2)[C@@H](OC(C)=O)[C@@H](COC(C)=O)O[C@@H]1O. The number of carbonyl (C=O) groups is 4. The number of hydrogen-bond acceptors (Lipinski definition) is 8. The molecule has 29 heavy (non-hydrogen) atoms. The van der Waals surface area contributed by atoms with Crippen LogP contribution in [0.3, 0.4) is 0 Å². The van der Waals surface area contributed by atoms with Gasteiger partial charge in [0.25, 0.3) is 5.91 Å². The van der Waals surface area contributed by atoms with Gasteiger partial charge in [0, 0.05) is 26.3 Å². The summed E-state index contributed by atoms with van der Waals surface area (Å²) >= 11 is 0. The van der Waals surface area contributed by atoms with Crippen LogP contribution in [-0.4, -0.2) is 66.0 Å². The van der Waals surface area contributed by atoms with Crippen LogP contribution in [0.5, 0.6) is 0 Å². The molecule has 1 aromatic carbocycles. The molecule has 0 aromatic heterocycles. The molecule has 1 aliphatic heterocycles. The van der Waals surface area contributed by atoms with Crippen LogP contribution in [0.15, 0.2) is 30.3 Å². The number of rotatable bonds is 6. The van der Waals surface area contributed by atoms with Gasteiger partial charge in [-0.1, -0.05) is 18.2 Å². The second-order valence-corrected chi connectivity index (χ2v) is 6.53. The third kappa shape index (κ3) is 6.26. The molecule has 3 N–H and O–H groups in total. The lowest BCUT2D eigenvalue weighted by Crippen LogP contribution is -2.69. The molecule has 0 radical (unpaired) electrons. The summed E-state index contributed by atoms with van der Waals surface area (Å²) in [7, 11) is 0. The topological polar surface area (TPSA) is 140 Å². The first-order chi connectivity index (χ1) is 13.7. The van der Waals surface area contributed by atoms with E-state index in [9.17, 15) is 24.3 Å². The molecule has 1 aliphatic rings. The van der Waals surface area contributed by atoms with Crippen LogP contribution in [0.25, 0.3) is 0 Å². The molecule has 1 heterocycles. The molecule has 10 heteroatoms. The smallest absolute Gasteiger partial charge is 0.303 e. The summed E-state index contributed by atoms with van der Waals surface area (Å²) in [6, 6.07) is 6.08. The zero-order chi connectivity index (χ0) is 21.6. The minimum atomic E-state index is -1.55. The number of amides is 2. The molecule has 5 atom stereocenters. The lowest BCUT2D eigenvalue weighted by atomic mass is 9.93. The normalized spacial score (nSPS) is 26.1. The van der Waals surface area contributed by atoms with Gasteiger partial charge in [-0.05, 0) is 12.1 Å². The van der Waals surface area contributed by atoms with Gasteiger partial charge in [0.1, 0.15) is 18.8 Å². The Bertz CT molecular complexity index is 754. The molecular formula is C19H24N2O8. The largest absolute Gasteiger partial charge is 0.463 e. The predicted molar refractivity (Wildman–Crippen MR) is 98.4 cm³/mol. The van der Waals surface area contributed by atoms with E-state index >= 15 is 0 Å². The van der Waals surface area contributed by atoms with Gasteiger partial charge in [0.15, 0.2) is 12.4 Å². The molecule has 1 aromatic rings. The van der Waals surface area contributed by atoms with Gasteiger partial charge in [-0.15, -0.1) is 0 Å². The Hall–Kier alpha value is -2.98. The van der Waals surface area contributed by atoms with Crippen LogP contribution in [-0.2, 0) is 28.6 Å². The lowest BCUT2D eigenvalue weighted by Gasteiger charge is -2.44. The second-order valence-electron chi connectivity index (χ2n) is 6.53. The average molecular weight is 408 g/mol. The standard InChI is InChI=1S/C19H24N2O8/c1-10(22)20-16-15(21-18(25)13-7-5-4-6-8-13)17(28-12(3)24)14(29-19(16)26)9-27-11(2)23/h4-8,14-17,19,26H,9H2,1-3H3,(H,20,22)(H,21,25)/t14-,15-,16-,17+,19+/m1/s1. The summed E-state index contributed by atoms with van der Waals surface area (Å²) in [5.74, 6) is -2.28. The summed E-state index contributed by atoms with van der Waals surface area (Å²) in [4.78, 5) is 47.1. The number of hydrogen-bond donors (Lipinski definition) is 3. The predicted octanol–water partition coefficient (Wildman–Crippen LogP) is -0.498. The van der Waals surface area contributed by atoms with E-state index < -0.39 is 54.3 Å². The van der Waals surface area contributed by atoms with E-state index in [1.54, 1.807) is 30.3 Å². The summed E-state index contributed by atoms with van der Waals surface area (Å²) < 4.78 is 15.7. The summed E-state index contributed by atoms with van der Waals surface area (Å²) in [6.07, 6.45) is -3.75. The fraction of sp³-hybridized carbons (Fsp3) is 0.474. The first kappa shape index (κ1) is 22.3. The van der Waals surface area contributed by atoms with E-state index in [0.717, 1.165) is 6.92 Å². The Morgan fingerprint density at radius 1 is 1.00 bits per heavy atom. The van der Waals surface area contributed by atoms with Crippen LogP contribution < -0.4 is 10.6 Å². The zero-order valence-corrected chi connectivity index (χ0v) is 16.3. The van der Waals surface area contributed by atoms with Crippen molar-refractivity contribution in [3.05, 3.63) is 35.9 Å². The first-order valence-corrected chi connectivity index (χ1v) is 8.96. The molecule has 0 unspecified atom stereocenters. The summed E-state index contributed by atoms with van der Waals surface area (Å²) in [5.41, 5.74) is 0.327. The first-order valence-electron chi connectivity index (χ1n) is 8.96. The van der Waals surface area contributed by atoms with E-state index in [0.29, 0.717) is 5.56 Å². The zero-order valence-electron chi connectivity index (χ0n) is 16.3. The maximum Gasteiger partial charge on any atom is 0.303 e. The number of aliphatic hydroxyl groups is 1. The molecule has 0 spiro atoms. The monoisotopic (exact) mass is 408 g/mol. The maximum absolute atomic E-state index is 12.7.